The minimum Gasteiger partial charge on any atom is -0.394 e. The molecule has 0 radical (unpaired) electrons. The van der Waals surface area contributed by atoms with Gasteiger partial charge in [-0.25, -0.2) is 0 Å². The van der Waals surface area contributed by atoms with Gasteiger partial charge in [0.05, 0.1) is 18.8 Å². The minimum absolute atomic E-state index is 0.0994. The van der Waals surface area contributed by atoms with Crippen molar-refractivity contribution in [3.05, 3.63) is 35.9 Å². The molecule has 1 fully saturated rings. The summed E-state index contributed by atoms with van der Waals surface area (Å²) in [5.74, 6) is 0. The fourth-order valence-electron chi connectivity index (χ4n) is 2.88. The molecule has 2 N–H and O–H groups in total. The van der Waals surface area contributed by atoms with E-state index in [1.807, 2.05) is 18.2 Å². The van der Waals surface area contributed by atoms with Gasteiger partial charge in [0, 0.05) is 26.2 Å². The second-order valence-electron chi connectivity index (χ2n) is 5.38. The van der Waals surface area contributed by atoms with Gasteiger partial charge in [-0.05, 0) is 18.5 Å². The lowest BCUT2D eigenvalue weighted by atomic mass is 9.89. The summed E-state index contributed by atoms with van der Waals surface area (Å²) >= 11 is 0. The van der Waals surface area contributed by atoms with Gasteiger partial charge in [0.15, 0.2) is 0 Å². The van der Waals surface area contributed by atoms with Gasteiger partial charge in [-0.3, -0.25) is 4.90 Å². The van der Waals surface area contributed by atoms with E-state index in [-0.39, 0.29) is 12.1 Å². The van der Waals surface area contributed by atoms with Crippen LogP contribution in [-0.2, 0) is 10.3 Å². The number of benzene rings is 1. The normalized spacial score (nSPS) is 20.3. The van der Waals surface area contributed by atoms with Gasteiger partial charge >= 0.3 is 0 Å². The van der Waals surface area contributed by atoms with Crippen LogP contribution in [0.15, 0.2) is 30.3 Å². The Morgan fingerprint density at radius 1 is 1.25 bits per heavy atom. The van der Waals surface area contributed by atoms with Crippen LogP contribution in [-0.4, -0.2) is 56.0 Å². The maximum atomic E-state index is 10.0. The van der Waals surface area contributed by atoms with Crippen molar-refractivity contribution in [1.29, 1.82) is 0 Å². The standard InChI is InChI=1S/C16H26N2O2/c1-2-17-16(14-19,15-7-4-3-5-8-15)13-18-9-6-11-20-12-10-18/h3-5,7-8,17,19H,2,6,9-14H2,1H3. The first-order valence-corrected chi connectivity index (χ1v) is 7.52. The molecule has 4 heteroatoms. The molecule has 0 bridgehead atoms. The summed E-state index contributed by atoms with van der Waals surface area (Å²) in [5.41, 5.74) is 0.759. The SMILES string of the molecule is CCNC(CO)(CN1CCCOCC1)c1ccccc1. The van der Waals surface area contributed by atoms with Crippen LogP contribution >= 0.6 is 0 Å². The molecule has 112 valence electrons. The number of hydrogen-bond acceptors (Lipinski definition) is 4. The smallest absolute Gasteiger partial charge is 0.0797 e. The van der Waals surface area contributed by atoms with Crippen LogP contribution in [0, 0.1) is 0 Å². The van der Waals surface area contributed by atoms with E-state index in [0.717, 1.165) is 51.4 Å². The number of nitrogens with zero attached hydrogens (tertiary/aromatic N) is 1. The lowest BCUT2D eigenvalue weighted by Crippen LogP contribution is -2.54. The maximum Gasteiger partial charge on any atom is 0.0797 e. The molecule has 0 amide bonds. The lowest BCUT2D eigenvalue weighted by molar-refractivity contribution is 0.0994. The molecule has 0 aliphatic carbocycles. The molecule has 1 atom stereocenters. The van der Waals surface area contributed by atoms with Crippen molar-refractivity contribution in [2.75, 3.05) is 46.0 Å². The van der Waals surface area contributed by atoms with E-state index in [1.165, 1.54) is 0 Å². The van der Waals surface area contributed by atoms with Crippen molar-refractivity contribution in [2.24, 2.45) is 0 Å². The average molecular weight is 278 g/mol. The van der Waals surface area contributed by atoms with Crippen LogP contribution in [0.25, 0.3) is 0 Å². The monoisotopic (exact) mass is 278 g/mol. The van der Waals surface area contributed by atoms with Crippen molar-refractivity contribution in [1.82, 2.24) is 10.2 Å². The summed E-state index contributed by atoms with van der Waals surface area (Å²) in [6, 6.07) is 10.3. The Morgan fingerprint density at radius 2 is 2.05 bits per heavy atom. The summed E-state index contributed by atoms with van der Waals surface area (Å²) in [5, 5.41) is 13.5. The van der Waals surface area contributed by atoms with Crippen molar-refractivity contribution >= 4 is 0 Å². The van der Waals surface area contributed by atoms with Gasteiger partial charge in [-0.2, -0.15) is 0 Å². The molecule has 20 heavy (non-hydrogen) atoms. The van der Waals surface area contributed by atoms with E-state index in [9.17, 15) is 5.11 Å². The third-order valence-electron chi connectivity index (χ3n) is 3.92. The number of nitrogens with one attached hydrogen (secondary N) is 1. The van der Waals surface area contributed by atoms with E-state index < -0.39 is 0 Å². The summed E-state index contributed by atoms with van der Waals surface area (Å²) in [4.78, 5) is 2.39. The lowest BCUT2D eigenvalue weighted by Gasteiger charge is -2.38. The maximum absolute atomic E-state index is 10.0. The van der Waals surface area contributed by atoms with E-state index in [0.29, 0.717) is 0 Å². The van der Waals surface area contributed by atoms with E-state index >= 15 is 0 Å². The molecule has 1 aliphatic rings. The second kappa shape index (κ2) is 7.74. The highest BCUT2D eigenvalue weighted by atomic mass is 16.5. The van der Waals surface area contributed by atoms with Gasteiger partial charge in [-0.15, -0.1) is 0 Å². The number of ether oxygens (including phenoxy) is 1. The van der Waals surface area contributed by atoms with Gasteiger partial charge in [-0.1, -0.05) is 37.3 Å². The first kappa shape index (κ1) is 15.4. The molecule has 0 aromatic heterocycles. The molecule has 1 unspecified atom stereocenters. The molecule has 0 spiro atoms. The molecule has 2 rings (SSSR count). The zero-order valence-electron chi connectivity index (χ0n) is 12.3. The number of aliphatic hydroxyl groups is 1. The predicted octanol–water partition coefficient (Wildman–Crippen LogP) is 1.21. The quantitative estimate of drug-likeness (QED) is 0.821. The Balaban J connectivity index is 2.17. The number of rotatable bonds is 6. The van der Waals surface area contributed by atoms with Crippen LogP contribution < -0.4 is 5.32 Å². The number of hydrogen-bond donors (Lipinski definition) is 2. The van der Waals surface area contributed by atoms with Gasteiger partial charge < -0.3 is 15.2 Å². The zero-order valence-corrected chi connectivity index (χ0v) is 12.3. The molecular formula is C16H26N2O2. The summed E-state index contributed by atoms with van der Waals surface area (Å²) < 4.78 is 5.51. The van der Waals surface area contributed by atoms with Crippen molar-refractivity contribution in [3.8, 4) is 0 Å². The highest BCUT2D eigenvalue weighted by Crippen LogP contribution is 2.22. The third-order valence-corrected chi connectivity index (χ3v) is 3.92. The van der Waals surface area contributed by atoms with Gasteiger partial charge in [0.25, 0.3) is 0 Å². The molecule has 1 aromatic rings. The van der Waals surface area contributed by atoms with Crippen LogP contribution in [0.4, 0.5) is 0 Å². The van der Waals surface area contributed by atoms with Gasteiger partial charge in [0.1, 0.15) is 0 Å². The second-order valence-corrected chi connectivity index (χ2v) is 5.38. The van der Waals surface area contributed by atoms with Crippen molar-refractivity contribution in [2.45, 2.75) is 18.9 Å². The predicted molar refractivity (Wildman–Crippen MR) is 80.8 cm³/mol. The van der Waals surface area contributed by atoms with E-state index in [2.05, 4.69) is 29.3 Å². The molecule has 1 aliphatic heterocycles. The minimum atomic E-state index is -0.389. The third kappa shape index (κ3) is 3.79. The first-order chi connectivity index (χ1) is 9.80. The van der Waals surface area contributed by atoms with E-state index in [4.69, 9.17) is 4.74 Å². The molecular weight excluding hydrogens is 252 g/mol. The molecule has 4 nitrogen and oxygen atoms in total. The van der Waals surface area contributed by atoms with Gasteiger partial charge in [0.2, 0.25) is 0 Å². The molecule has 1 heterocycles. The fraction of sp³-hybridized carbons (Fsp3) is 0.625. The summed E-state index contributed by atoms with van der Waals surface area (Å²) in [7, 11) is 0. The molecule has 0 saturated carbocycles. The van der Waals surface area contributed by atoms with E-state index in [1.54, 1.807) is 0 Å². The van der Waals surface area contributed by atoms with Crippen LogP contribution in [0.2, 0.25) is 0 Å². The summed E-state index contributed by atoms with van der Waals surface area (Å²) in [6.45, 7) is 7.41. The Morgan fingerprint density at radius 3 is 2.75 bits per heavy atom. The fourth-order valence-corrected chi connectivity index (χ4v) is 2.88. The largest absolute Gasteiger partial charge is 0.394 e. The van der Waals surface area contributed by atoms with Crippen molar-refractivity contribution < 1.29 is 9.84 Å². The summed E-state index contributed by atoms with van der Waals surface area (Å²) in [6.07, 6.45) is 1.06. The Hall–Kier alpha value is -0.940. The number of aliphatic hydroxyl groups excluding tert-OH is 1. The topological polar surface area (TPSA) is 44.7 Å². The Bertz CT molecular complexity index is 377. The van der Waals surface area contributed by atoms with Crippen LogP contribution in [0.1, 0.15) is 18.9 Å². The van der Waals surface area contributed by atoms with Crippen molar-refractivity contribution in [3.63, 3.8) is 0 Å². The highest BCUT2D eigenvalue weighted by molar-refractivity contribution is 5.25. The average Bonchev–Trinajstić information content (AvgIpc) is 2.76. The molecule has 1 aromatic carbocycles. The Labute approximate surface area is 121 Å². The molecule has 1 saturated heterocycles. The first-order valence-electron chi connectivity index (χ1n) is 7.52. The number of likely N-dealkylation sites (N-methyl/N-ethyl adjacent to an activating group) is 1. The zero-order chi connectivity index (χ0) is 14.3. The van der Waals surface area contributed by atoms with Crippen LogP contribution in [0.3, 0.4) is 0 Å². The Kier molecular flexibility index (Phi) is 5.98. The van der Waals surface area contributed by atoms with Crippen LogP contribution in [0.5, 0.6) is 0 Å². The highest BCUT2D eigenvalue weighted by Gasteiger charge is 2.32.